The van der Waals surface area contributed by atoms with Crippen molar-refractivity contribution in [2.75, 3.05) is 18.4 Å². The number of allylic oxidation sites excluding steroid dienone is 1. The van der Waals surface area contributed by atoms with Crippen molar-refractivity contribution in [1.29, 1.82) is 10.7 Å². The highest BCUT2D eigenvalue weighted by Gasteiger charge is 2.60. The van der Waals surface area contributed by atoms with Gasteiger partial charge in [-0.2, -0.15) is 5.26 Å². The van der Waals surface area contributed by atoms with Crippen molar-refractivity contribution in [3.63, 3.8) is 0 Å². The Morgan fingerprint density at radius 3 is 2.10 bits per heavy atom. The molecule has 3 unspecified atom stereocenters. The Balaban J connectivity index is 0.975. The van der Waals surface area contributed by atoms with E-state index in [9.17, 15) is 14.9 Å². The second-order valence-corrected chi connectivity index (χ2v) is 17.2. The number of aryl methyl sites for hydroxylation is 3. The Labute approximate surface area is 357 Å². The maximum Gasteiger partial charge on any atom is 0.251 e. The van der Waals surface area contributed by atoms with Crippen molar-refractivity contribution in [3.8, 4) is 28.6 Å². The Morgan fingerprint density at radius 2 is 1.54 bits per heavy atom. The summed E-state index contributed by atoms with van der Waals surface area (Å²) in [7, 11) is 1.95. The van der Waals surface area contributed by atoms with Crippen molar-refractivity contribution in [3.05, 3.63) is 119 Å². The van der Waals surface area contributed by atoms with Gasteiger partial charge < -0.3 is 31.2 Å². The average molecular weight is 816 g/mol. The van der Waals surface area contributed by atoms with Crippen LogP contribution in [-0.2, 0) is 7.05 Å². The van der Waals surface area contributed by atoms with Gasteiger partial charge in [0.15, 0.2) is 0 Å². The Hall–Kier alpha value is -6.68. The molecule has 3 heterocycles. The molecular formula is C48H53N11O2. The van der Waals surface area contributed by atoms with Gasteiger partial charge in [-0.25, -0.2) is 19.9 Å². The lowest BCUT2D eigenvalue weighted by molar-refractivity contribution is 0.0937. The van der Waals surface area contributed by atoms with Crippen molar-refractivity contribution < 1.29 is 9.59 Å². The molecule has 0 saturated heterocycles. The first-order valence-electron chi connectivity index (χ1n) is 21.2. The fourth-order valence-electron chi connectivity index (χ4n) is 8.28. The Morgan fingerprint density at radius 1 is 0.918 bits per heavy atom. The van der Waals surface area contributed by atoms with E-state index in [0.29, 0.717) is 47.5 Å². The lowest BCUT2D eigenvalue weighted by Gasteiger charge is -2.21. The highest BCUT2D eigenvalue weighted by atomic mass is 16.2. The molecule has 312 valence electrons. The van der Waals surface area contributed by atoms with Crippen molar-refractivity contribution >= 4 is 29.7 Å². The van der Waals surface area contributed by atoms with Crippen LogP contribution >= 0.6 is 0 Å². The number of nitrogens with zero attached hydrogens (tertiary/aromatic N) is 6. The minimum absolute atomic E-state index is 0.0768. The lowest BCUT2D eigenvalue weighted by atomic mass is 9.88. The maximum atomic E-state index is 13.6. The molecule has 5 aromatic rings. The summed E-state index contributed by atoms with van der Waals surface area (Å²) in [5.74, 6) is -0.106. The zero-order valence-electron chi connectivity index (χ0n) is 35.3. The molecule has 3 fully saturated rings. The molecule has 2 aromatic carbocycles. The van der Waals surface area contributed by atoms with E-state index in [1.54, 1.807) is 24.5 Å². The van der Waals surface area contributed by atoms with Gasteiger partial charge in [-0.15, -0.1) is 0 Å². The standard InChI is InChI=1S/C48H53N11O2/c1-5-17-47(18-19-47)28-54-44(60)34-10-6-32(7-11-34)41-30(2)23-52-43(57-41)40(36(22-49)25-51-37-14-15-37)39-21-48(39,27-50)29-55-45(61)35-12-8-33(9-13-35)42-31(3)24-53-46(58-42)56-38-16-20-59(4)26-38/h6-13,16,20,22-26,37,39-40,49,51H,5,14-15,17-19,21,28-29H2,1-4H3,(H,54,60)(H,55,61)(H,53,56,58)/b36-25+,49-22?. The molecule has 3 atom stereocenters. The van der Waals surface area contributed by atoms with Crippen LogP contribution in [0.1, 0.15) is 95.5 Å². The van der Waals surface area contributed by atoms with Crippen LogP contribution in [0.3, 0.4) is 0 Å². The monoisotopic (exact) mass is 815 g/mol. The second-order valence-electron chi connectivity index (χ2n) is 17.2. The fourth-order valence-corrected chi connectivity index (χ4v) is 8.28. The SMILES string of the molecule is CCCC1(CNC(=O)c2ccc(-c3nc(C(/C(C=N)=C/NC4CC4)C4CC4(C#N)CNC(=O)c4ccc(-c5nc(Nc6ccn(C)c6)ncc5C)cc4)ncc3C)cc2)CC1. The number of carbonyl (C=O) groups is 2. The average Bonchev–Trinajstić information content (AvgIpc) is 4.23. The Kier molecular flexibility index (Phi) is 11.5. The predicted octanol–water partition coefficient (Wildman–Crippen LogP) is 7.94. The van der Waals surface area contributed by atoms with E-state index >= 15 is 0 Å². The lowest BCUT2D eigenvalue weighted by Crippen LogP contribution is -2.31. The third kappa shape index (κ3) is 9.23. The number of hydrogen-bond donors (Lipinski definition) is 5. The quantitative estimate of drug-likeness (QED) is 0.0548. The molecule has 0 spiro atoms. The molecule has 13 heteroatoms. The van der Waals surface area contributed by atoms with Gasteiger partial charge in [0.25, 0.3) is 11.8 Å². The first-order chi connectivity index (χ1) is 29.5. The largest absolute Gasteiger partial charge is 0.388 e. The summed E-state index contributed by atoms with van der Waals surface area (Å²) in [6, 6.07) is 19.6. The van der Waals surface area contributed by atoms with Gasteiger partial charge in [0, 0.05) is 85.6 Å². The minimum Gasteiger partial charge on any atom is -0.388 e. The summed E-state index contributed by atoms with van der Waals surface area (Å²) in [6.07, 6.45) is 17.9. The summed E-state index contributed by atoms with van der Waals surface area (Å²) >= 11 is 0. The van der Waals surface area contributed by atoms with Crippen LogP contribution in [0.5, 0.6) is 0 Å². The molecule has 3 aromatic heterocycles. The molecule has 0 radical (unpaired) electrons. The summed E-state index contributed by atoms with van der Waals surface area (Å²) in [4.78, 5) is 45.7. The molecule has 13 nitrogen and oxygen atoms in total. The smallest absolute Gasteiger partial charge is 0.251 e. The van der Waals surface area contributed by atoms with E-state index in [1.165, 1.54) is 19.1 Å². The normalized spacial score (nSPS) is 19.3. The van der Waals surface area contributed by atoms with Gasteiger partial charge >= 0.3 is 0 Å². The first kappa shape index (κ1) is 41.1. The summed E-state index contributed by atoms with van der Waals surface area (Å²) in [5.41, 5.74) is 6.94. The molecule has 3 aliphatic carbocycles. The van der Waals surface area contributed by atoms with Crippen LogP contribution in [0, 0.1) is 47.3 Å². The maximum absolute atomic E-state index is 13.6. The third-order valence-corrected chi connectivity index (χ3v) is 12.4. The molecule has 61 heavy (non-hydrogen) atoms. The van der Waals surface area contributed by atoms with Gasteiger partial charge in [0.2, 0.25) is 5.95 Å². The number of nitrogens with one attached hydrogen (secondary N) is 5. The van der Waals surface area contributed by atoms with Gasteiger partial charge in [0.1, 0.15) is 5.82 Å². The summed E-state index contributed by atoms with van der Waals surface area (Å²) in [6.45, 7) is 6.93. The fraction of sp³-hybridized carbons (Fsp3) is 0.375. The van der Waals surface area contributed by atoms with Gasteiger partial charge in [-0.1, -0.05) is 37.6 Å². The number of rotatable bonds is 18. The van der Waals surface area contributed by atoms with Crippen LogP contribution in [0.4, 0.5) is 11.6 Å². The van der Waals surface area contributed by atoms with Crippen molar-refractivity contribution in [2.24, 2.45) is 23.8 Å². The van der Waals surface area contributed by atoms with E-state index in [2.05, 4.69) is 39.2 Å². The van der Waals surface area contributed by atoms with E-state index in [-0.39, 0.29) is 29.7 Å². The third-order valence-electron chi connectivity index (χ3n) is 12.4. The molecule has 0 bridgehead atoms. The van der Waals surface area contributed by atoms with Crippen LogP contribution in [0.2, 0.25) is 0 Å². The van der Waals surface area contributed by atoms with Crippen LogP contribution in [0.15, 0.2) is 91.2 Å². The zero-order valence-corrected chi connectivity index (χ0v) is 35.3. The number of hydrogen-bond acceptors (Lipinski definition) is 10. The molecule has 3 saturated carbocycles. The van der Waals surface area contributed by atoms with Gasteiger partial charge in [-0.05, 0) is 111 Å². The van der Waals surface area contributed by atoms with Gasteiger partial charge in [-0.3, -0.25) is 9.59 Å². The number of amides is 2. The van der Waals surface area contributed by atoms with Crippen molar-refractivity contribution in [1.82, 2.24) is 40.5 Å². The van der Waals surface area contributed by atoms with E-state index in [1.807, 2.05) is 86.5 Å². The van der Waals surface area contributed by atoms with Crippen LogP contribution < -0.4 is 21.3 Å². The molecular weight excluding hydrogens is 763 g/mol. The number of anilines is 2. The van der Waals surface area contributed by atoms with Crippen molar-refractivity contribution in [2.45, 2.75) is 77.7 Å². The van der Waals surface area contributed by atoms with Crippen LogP contribution in [0.25, 0.3) is 22.5 Å². The highest BCUT2D eigenvalue weighted by molar-refractivity contribution is 5.95. The molecule has 8 rings (SSSR count). The molecule has 3 aliphatic rings. The van der Waals surface area contributed by atoms with E-state index in [0.717, 1.165) is 65.0 Å². The minimum atomic E-state index is -0.887. The first-order valence-corrected chi connectivity index (χ1v) is 21.2. The summed E-state index contributed by atoms with van der Waals surface area (Å²) in [5, 5.41) is 32.0. The summed E-state index contributed by atoms with van der Waals surface area (Å²) < 4.78 is 1.94. The number of benzene rings is 2. The highest BCUT2D eigenvalue weighted by Crippen LogP contribution is 2.60. The topological polar surface area (TPSA) is 186 Å². The molecule has 2 amide bonds. The molecule has 5 N–H and O–H groups in total. The molecule has 0 aliphatic heterocycles. The zero-order chi connectivity index (χ0) is 42.7. The van der Waals surface area contributed by atoms with E-state index in [4.69, 9.17) is 20.4 Å². The van der Waals surface area contributed by atoms with E-state index < -0.39 is 11.3 Å². The number of aromatic nitrogens is 5. The number of carbonyl (C=O) groups excluding carboxylic acids is 2. The number of nitriles is 1. The van der Waals surface area contributed by atoms with Gasteiger partial charge in [0.05, 0.1) is 34.5 Å². The Bertz CT molecular complexity index is 2510. The van der Waals surface area contributed by atoms with Crippen LogP contribution in [-0.4, -0.2) is 61.7 Å². The predicted molar refractivity (Wildman–Crippen MR) is 236 cm³/mol. The second kappa shape index (κ2) is 17.1.